The minimum atomic E-state index is 0.551. The van der Waals surface area contributed by atoms with E-state index < -0.39 is 0 Å². The Bertz CT molecular complexity index is 126. The van der Waals surface area contributed by atoms with Crippen LogP contribution < -0.4 is 0 Å². The standard InChI is InChI=1S/C7H12OS2/c1-6-7(5-9-10-6)2-3-8-4-7/h6H,2-5H2,1H3. The van der Waals surface area contributed by atoms with Gasteiger partial charge in [0.05, 0.1) is 6.61 Å². The van der Waals surface area contributed by atoms with E-state index in [0.29, 0.717) is 5.41 Å². The molecule has 2 aliphatic rings. The van der Waals surface area contributed by atoms with Gasteiger partial charge in [-0.05, 0) is 6.42 Å². The molecule has 3 heteroatoms. The fourth-order valence-corrected chi connectivity index (χ4v) is 5.23. The van der Waals surface area contributed by atoms with Crippen LogP contribution >= 0.6 is 21.6 Å². The summed E-state index contributed by atoms with van der Waals surface area (Å²) in [6.45, 7) is 4.33. The van der Waals surface area contributed by atoms with Crippen LogP contribution in [0.3, 0.4) is 0 Å². The molecule has 2 aliphatic heterocycles. The van der Waals surface area contributed by atoms with Gasteiger partial charge in [0.2, 0.25) is 0 Å². The topological polar surface area (TPSA) is 9.23 Å². The van der Waals surface area contributed by atoms with Crippen LogP contribution in [0.5, 0.6) is 0 Å². The molecule has 2 fully saturated rings. The van der Waals surface area contributed by atoms with Crippen molar-refractivity contribution in [3.63, 3.8) is 0 Å². The van der Waals surface area contributed by atoms with Gasteiger partial charge in [0, 0.05) is 23.0 Å². The second-order valence-electron chi connectivity index (χ2n) is 3.17. The number of ether oxygens (including phenoxy) is 1. The van der Waals surface area contributed by atoms with E-state index in [2.05, 4.69) is 6.92 Å². The van der Waals surface area contributed by atoms with E-state index in [1.54, 1.807) is 0 Å². The van der Waals surface area contributed by atoms with E-state index in [4.69, 9.17) is 4.74 Å². The largest absolute Gasteiger partial charge is 0.381 e. The van der Waals surface area contributed by atoms with Crippen LogP contribution in [0.25, 0.3) is 0 Å². The second kappa shape index (κ2) is 2.61. The van der Waals surface area contributed by atoms with Gasteiger partial charge in [-0.2, -0.15) is 0 Å². The number of rotatable bonds is 0. The van der Waals surface area contributed by atoms with Crippen molar-refractivity contribution in [1.29, 1.82) is 0 Å². The van der Waals surface area contributed by atoms with Gasteiger partial charge in [0.25, 0.3) is 0 Å². The molecular formula is C7H12OS2. The SMILES string of the molecule is CC1SSCC12CCOC2. The molecule has 2 rings (SSSR count). The zero-order chi connectivity index (χ0) is 7.03. The quantitative estimate of drug-likeness (QED) is 0.524. The van der Waals surface area contributed by atoms with Crippen LogP contribution in [0.2, 0.25) is 0 Å². The maximum Gasteiger partial charge on any atom is 0.0542 e. The molecular weight excluding hydrogens is 164 g/mol. The molecule has 0 radical (unpaired) electrons. The lowest BCUT2D eigenvalue weighted by Gasteiger charge is -2.23. The highest BCUT2D eigenvalue weighted by atomic mass is 33.1. The van der Waals surface area contributed by atoms with E-state index in [9.17, 15) is 0 Å². The Labute approximate surface area is 69.7 Å². The maximum atomic E-state index is 5.43. The molecule has 2 unspecified atom stereocenters. The molecule has 1 spiro atoms. The molecule has 0 bridgehead atoms. The molecule has 0 aromatic carbocycles. The maximum absolute atomic E-state index is 5.43. The first-order chi connectivity index (χ1) is 4.83. The highest BCUT2D eigenvalue weighted by molar-refractivity contribution is 8.77. The van der Waals surface area contributed by atoms with Gasteiger partial charge < -0.3 is 4.74 Å². The van der Waals surface area contributed by atoms with Crippen molar-refractivity contribution in [3.05, 3.63) is 0 Å². The van der Waals surface area contributed by atoms with Crippen molar-refractivity contribution in [2.45, 2.75) is 18.6 Å². The Morgan fingerprint density at radius 3 is 3.00 bits per heavy atom. The van der Waals surface area contributed by atoms with Crippen molar-refractivity contribution in [3.8, 4) is 0 Å². The summed E-state index contributed by atoms with van der Waals surface area (Å²) in [5, 5.41) is 0.806. The smallest absolute Gasteiger partial charge is 0.0542 e. The normalized spacial score (nSPS) is 47.1. The van der Waals surface area contributed by atoms with Crippen LogP contribution in [-0.4, -0.2) is 24.2 Å². The molecule has 0 saturated carbocycles. The predicted octanol–water partition coefficient (Wildman–Crippen LogP) is 2.18. The molecule has 1 nitrogen and oxygen atoms in total. The van der Waals surface area contributed by atoms with Crippen LogP contribution in [-0.2, 0) is 4.74 Å². The Kier molecular flexibility index (Phi) is 1.91. The van der Waals surface area contributed by atoms with Gasteiger partial charge >= 0.3 is 0 Å². The molecule has 0 aromatic rings. The average Bonchev–Trinajstić information content (AvgIpc) is 2.48. The first-order valence-corrected chi connectivity index (χ1v) is 6.08. The lowest BCUT2D eigenvalue weighted by atomic mass is 9.86. The first-order valence-electron chi connectivity index (χ1n) is 3.70. The molecule has 0 aliphatic carbocycles. The van der Waals surface area contributed by atoms with Crippen molar-refractivity contribution in [1.82, 2.24) is 0 Å². The third-order valence-corrected chi connectivity index (χ3v) is 5.80. The van der Waals surface area contributed by atoms with E-state index in [1.807, 2.05) is 21.6 Å². The third kappa shape index (κ3) is 0.990. The van der Waals surface area contributed by atoms with Gasteiger partial charge in [0.1, 0.15) is 0 Å². The van der Waals surface area contributed by atoms with Gasteiger partial charge in [-0.3, -0.25) is 0 Å². The summed E-state index contributed by atoms with van der Waals surface area (Å²) in [5.41, 5.74) is 0.551. The van der Waals surface area contributed by atoms with E-state index in [1.165, 1.54) is 12.2 Å². The van der Waals surface area contributed by atoms with Gasteiger partial charge in [-0.25, -0.2) is 0 Å². The summed E-state index contributed by atoms with van der Waals surface area (Å²) in [6.07, 6.45) is 1.29. The van der Waals surface area contributed by atoms with Crippen molar-refractivity contribution >= 4 is 21.6 Å². The summed E-state index contributed by atoms with van der Waals surface area (Å²) < 4.78 is 5.43. The number of hydrogen-bond donors (Lipinski definition) is 0. The molecule has 2 heterocycles. The van der Waals surface area contributed by atoms with E-state index >= 15 is 0 Å². The highest BCUT2D eigenvalue weighted by Crippen LogP contribution is 2.53. The Morgan fingerprint density at radius 1 is 1.60 bits per heavy atom. The average molecular weight is 176 g/mol. The second-order valence-corrected chi connectivity index (χ2v) is 5.87. The molecule has 0 amide bonds. The fourth-order valence-electron chi connectivity index (χ4n) is 1.53. The Balaban J connectivity index is 2.11. The zero-order valence-corrected chi connectivity index (χ0v) is 7.76. The van der Waals surface area contributed by atoms with Gasteiger partial charge in [0.15, 0.2) is 0 Å². The lowest BCUT2D eigenvalue weighted by molar-refractivity contribution is 0.163. The first kappa shape index (κ1) is 7.32. The van der Waals surface area contributed by atoms with Crippen LogP contribution in [0.15, 0.2) is 0 Å². The van der Waals surface area contributed by atoms with Crippen molar-refractivity contribution in [2.24, 2.45) is 5.41 Å². The van der Waals surface area contributed by atoms with Gasteiger partial charge in [-0.15, -0.1) is 0 Å². The monoisotopic (exact) mass is 176 g/mol. The van der Waals surface area contributed by atoms with Crippen LogP contribution in [0, 0.1) is 5.41 Å². The minimum Gasteiger partial charge on any atom is -0.381 e. The molecule has 0 N–H and O–H groups in total. The summed E-state index contributed by atoms with van der Waals surface area (Å²) >= 11 is 0. The van der Waals surface area contributed by atoms with Crippen molar-refractivity contribution < 1.29 is 4.74 Å². The summed E-state index contributed by atoms with van der Waals surface area (Å²) in [7, 11) is 4.04. The summed E-state index contributed by atoms with van der Waals surface area (Å²) in [6, 6.07) is 0. The predicted molar refractivity (Wildman–Crippen MR) is 47.4 cm³/mol. The Morgan fingerprint density at radius 2 is 2.50 bits per heavy atom. The fraction of sp³-hybridized carbons (Fsp3) is 1.00. The molecule has 0 aromatic heterocycles. The minimum absolute atomic E-state index is 0.551. The Hall–Kier alpha value is 0.660. The van der Waals surface area contributed by atoms with E-state index in [-0.39, 0.29) is 0 Å². The summed E-state index contributed by atoms with van der Waals surface area (Å²) in [5.74, 6) is 1.30. The molecule has 2 atom stereocenters. The van der Waals surface area contributed by atoms with E-state index in [0.717, 1.165) is 18.5 Å². The lowest BCUT2D eigenvalue weighted by Crippen LogP contribution is -2.29. The zero-order valence-electron chi connectivity index (χ0n) is 6.13. The molecule has 10 heavy (non-hydrogen) atoms. The summed E-state index contributed by atoms with van der Waals surface area (Å²) in [4.78, 5) is 0. The molecule has 2 saturated heterocycles. The van der Waals surface area contributed by atoms with Gasteiger partial charge in [-0.1, -0.05) is 28.5 Å². The highest BCUT2D eigenvalue weighted by Gasteiger charge is 2.44. The van der Waals surface area contributed by atoms with Crippen LogP contribution in [0.1, 0.15) is 13.3 Å². The van der Waals surface area contributed by atoms with Crippen LogP contribution in [0.4, 0.5) is 0 Å². The third-order valence-electron chi connectivity index (χ3n) is 2.55. The molecule has 58 valence electrons. The van der Waals surface area contributed by atoms with Crippen molar-refractivity contribution in [2.75, 3.05) is 19.0 Å². The number of hydrogen-bond acceptors (Lipinski definition) is 3.